The van der Waals surface area contributed by atoms with Crippen molar-refractivity contribution in [3.05, 3.63) is 198 Å². The Balaban J connectivity index is 1.14. The number of fused-ring (bicyclic) bond motifs is 6. The number of nitrogens with one attached hydrogen (secondary N) is 1. The molecule has 1 atom stereocenters. The van der Waals surface area contributed by atoms with Crippen LogP contribution in [0, 0.1) is 0 Å². The Morgan fingerprint density at radius 3 is 1.92 bits per heavy atom. The Labute approximate surface area is 279 Å². The summed E-state index contributed by atoms with van der Waals surface area (Å²) in [6, 6.07) is 59.9. The van der Waals surface area contributed by atoms with Gasteiger partial charge in [0.1, 0.15) is 6.17 Å². The summed E-state index contributed by atoms with van der Waals surface area (Å²) in [6.45, 7) is 0. The fourth-order valence-electron chi connectivity index (χ4n) is 8.02. The molecule has 7 aromatic rings. The van der Waals surface area contributed by atoms with E-state index in [2.05, 4.69) is 168 Å². The first kappa shape index (κ1) is 26.9. The van der Waals surface area contributed by atoms with E-state index in [1.807, 2.05) is 12.1 Å². The third kappa shape index (κ3) is 3.77. The highest BCUT2D eigenvalue weighted by atomic mass is 16.6. The van der Waals surface area contributed by atoms with Crippen LogP contribution in [0.2, 0.25) is 0 Å². The average molecular weight is 619 g/mol. The summed E-state index contributed by atoms with van der Waals surface area (Å²) >= 11 is 0. The molecule has 4 heteroatoms. The first-order valence-electron chi connectivity index (χ1n) is 16.4. The molecule has 228 valence electrons. The summed E-state index contributed by atoms with van der Waals surface area (Å²) in [5.41, 5.74) is 11.0. The Morgan fingerprint density at radius 2 is 1.15 bits per heavy atom. The van der Waals surface area contributed by atoms with Gasteiger partial charge in [-0.05, 0) is 75.8 Å². The predicted molar refractivity (Wildman–Crippen MR) is 192 cm³/mol. The first-order valence-corrected chi connectivity index (χ1v) is 16.4. The van der Waals surface area contributed by atoms with E-state index in [1.165, 1.54) is 27.8 Å². The van der Waals surface area contributed by atoms with Crippen LogP contribution in [0.25, 0.3) is 11.1 Å². The standard InChI is InChI=1S/C44H30N2O2/c1-4-15-29(16-5-1)44(30-17-6-2-7-18-30)35-23-11-10-21-32(35)34-27-40-41(28-36(34)44)47-39-26-14-22-33(42(39)48-40)43-45-37-24-12-13-25-38(37)46(43)31-19-8-3-9-20-31/h1-28,43,45H. The van der Waals surface area contributed by atoms with Crippen LogP contribution in [-0.4, -0.2) is 0 Å². The van der Waals surface area contributed by atoms with Crippen LogP contribution in [0.5, 0.6) is 23.0 Å². The van der Waals surface area contributed by atoms with E-state index >= 15 is 0 Å². The maximum atomic E-state index is 6.93. The topological polar surface area (TPSA) is 33.7 Å². The number of para-hydroxylation sites is 4. The van der Waals surface area contributed by atoms with E-state index in [9.17, 15) is 0 Å². The van der Waals surface area contributed by atoms with Gasteiger partial charge < -0.3 is 19.7 Å². The van der Waals surface area contributed by atoms with Crippen LogP contribution in [0.4, 0.5) is 17.1 Å². The summed E-state index contributed by atoms with van der Waals surface area (Å²) in [6.07, 6.45) is -0.191. The molecule has 48 heavy (non-hydrogen) atoms. The van der Waals surface area contributed by atoms with Gasteiger partial charge in [-0.2, -0.15) is 0 Å². The van der Waals surface area contributed by atoms with Crippen molar-refractivity contribution in [2.75, 3.05) is 10.2 Å². The number of benzene rings is 7. The Kier molecular flexibility index (Phi) is 5.82. The molecule has 3 aliphatic rings. The lowest BCUT2D eigenvalue weighted by Crippen LogP contribution is -2.28. The summed E-state index contributed by atoms with van der Waals surface area (Å²) < 4.78 is 13.7. The zero-order chi connectivity index (χ0) is 31.7. The minimum absolute atomic E-state index is 0.191. The maximum absolute atomic E-state index is 6.93. The van der Waals surface area contributed by atoms with Crippen molar-refractivity contribution < 1.29 is 9.47 Å². The third-order valence-electron chi connectivity index (χ3n) is 10.0. The predicted octanol–water partition coefficient (Wildman–Crippen LogP) is 11.2. The van der Waals surface area contributed by atoms with Gasteiger partial charge in [0, 0.05) is 11.3 Å². The van der Waals surface area contributed by atoms with Crippen molar-refractivity contribution in [2.24, 2.45) is 0 Å². The van der Waals surface area contributed by atoms with Crippen molar-refractivity contribution in [3.8, 4) is 34.1 Å². The molecule has 0 amide bonds. The van der Waals surface area contributed by atoms with Crippen LogP contribution in [0.3, 0.4) is 0 Å². The van der Waals surface area contributed by atoms with Crippen molar-refractivity contribution in [1.82, 2.24) is 0 Å². The lowest BCUT2D eigenvalue weighted by Gasteiger charge is -2.34. The van der Waals surface area contributed by atoms with Crippen LogP contribution in [0.1, 0.15) is 34.0 Å². The fourth-order valence-corrected chi connectivity index (χ4v) is 8.02. The quantitative estimate of drug-likeness (QED) is 0.213. The lowest BCUT2D eigenvalue weighted by atomic mass is 9.67. The molecule has 0 aromatic heterocycles. The molecular weight excluding hydrogens is 588 g/mol. The summed E-state index contributed by atoms with van der Waals surface area (Å²) in [5.74, 6) is 2.85. The Bertz CT molecular complexity index is 2300. The zero-order valence-electron chi connectivity index (χ0n) is 26.0. The van der Waals surface area contributed by atoms with Gasteiger partial charge in [-0.15, -0.1) is 0 Å². The van der Waals surface area contributed by atoms with Gasteiger partial charge in [0.25, 0.3) is 0 Å². The highest BCUT2D eigenvalue weighted by Crippen LogP contribution is 2.60. The van der Waals surface area contributed by atoms with E-state index < -0.39 is 5.41 Å². The minimum atomic E-state index is -0.509. The van der Waals surface area contributed by atoms with Gasteiger partial charge in [0.2, 0.25) is 0 Å². The largest absolute Gasteiger partial charge is 0.449 e. The van der Waals surface area contributed by atoms with Crippen LogP contribution >= 0.6 is 0 Å². The molecule has 0 saturated heterocycles. The van der Waals surface area contributed by atoms with Crippen molar-refractivity contribution in [2.45, 2.75) is 11.6 Å². The summed E-state index contributed by atoms with van der Waals surface area (Å²) in [4.78, 5) is 2.33. The van der Waals surface area contributed by atoms with Gasteiger partial charge in [-0.3, -0.25) is 0 Å². The normalized spacial score (nSPS) is 15.9. The smallest absolute Gasteiger partial charge is 0.177 e. The minimum Gasteiger partial charge on any atom is -0.449 e. The Hall–Kier alpha value is -6.26. The second kappa shape index (κ2) is 10.4. The van der Waals surface area contributed by atoms with Crippen LogP contribution in [0.15, 0.2) is 170 Å². The molecule has 0 bridgehead atoms. The molecular formula is C44H30N2O2. The molecule has 0 fully saturated rings. The fraction of sp³-hybridized carbons (Fsp3) is 0.0455. The third-order valence-corrected chi connectivity index (χ3v) is 10.0. The van der Waals surface area contributed by atoms with Crippen molar-refractivity contribution in [3.63, 3.8) is 0 Å². The molecule has 0 saturated carbocycles. The zero-order valence-corrected chi connectivity index (χ0v) is 26.0. The van der Waals surface area contributed by atoms with E-state index in [1.54, 1.807) is 0 Å². The van der Waals surface area contributed by atoms with Crippen LogP contribution < -0.4 is 19.7 Å². The maximum Gasteiger partial charge on any atom is 0.177 e. The summed E-state index contributed by atoms with van der Waals surface area (Å²) in [5, 5.41) is 3.77. The average Bonchev–Trinajstić information content (AvgIpc) is 3.68. The van der Waals surface area contributed by atoms with E-state index in [4.69, 9.17) is 9.47 Å². The van der Waals surface area contributed by atoms with Gasteiger partial charge in [0.15, 0.2) is 23.0 Å². The highest BCUT2D eigenvalue weighted by molar-refractivity contribution is 5.89. The van der Waals surface area contributed by atoms with Crippen molar-refractivity contribution in [1.29, 1.82) is 0 Å². The molecule has 4 nitrogen and oxygen atoms in total. The van der Waals surface area contributed by atoms with E-state index in [0.29, 0.717) is 17.2 Å². The second-order valence-corrected chi connectivity index (χ2v) is 12.5. The SMILES string of the molecule is c1ccc(N2c3ccccc3NC2c2cccc3c2Oc2cc4c(cc2O3)C(c2ccccc2)(c2ccccc2)c2ccccc2-4)cc1. The molecule has 7 aromatic carbocycles. The lowest BCUT2D eigenvalue weighted by molar-refractivity contribution is 0.354. The number of rotatable bonds is 4. The van der Waals surface area contributed by atoms with E-state index in [0.717, 1.165) is 33.9 Å². The van der Waals surface area contributed by atoms with Gasteiger partial charge in [-0.1, -0.05) is 127 Å². The monoisotopic (exact) mass is 618 g/mol. The molecule has 2 heterocycles. The molecule has 1 unspecified atom stereocenters. The first-order chi connectivity index (χ1) is 23.8. The van der Waals surface area contributed by atoms with E-state index in [-0.39, 0.29) is 6.17 Å². The molecule has 0 spiro atoms. The van der Waals surface area contributed by atoms with Gasteiger partial charge in [0.05, 0.1) is 16.8 Å². The van der Waals surface area contributed by atoms with Crippen molar-refractivity contribution >= 4 is 17.1 Å². The second-order valence-electron chi connectivity index (χ2n) is 12.5. The molecule has 0 radical (unpaired) electrons. The number of anilines is 3. The molecule has 2 aliphatic heterocycles. The number of hydrogen-bond donors (Lipinski definition) is 1. The Morgan fingerprint density at radius 1 is 0.500 bits per heavy atom. The number of ether oxygens (including phenoxy) is 2. The molecule has 1 N–H and O–H groups in total. The number of hydrogen-bond acceptors (Lipinski definition) is 4. The highest BCUT2D eigenvalue weighted by Gasteiger charge is 2.47. The van der Waals surface area contributed by atoms with Gasteiger partial charge in [-0.25, -0.2) is 0 Å². The number of nitrogens with zero attached hydrogens (tertiary/aromatic N) is 1. The summed E-state index contributed by atoms with van der Waals surface area (Å²) in [7, 11) is 0. The van der Waals surface area contributed by atoms with Gasteiger partial charge >= 0.3 is 0 Å². The van der Waals surface area contributed by atoms with Crippen LogP contribution in [-0.2, 0) is 5.41 Å². The molecule has 10 rings (SSSR count). The molecule has 1 aliphatic carbocycles.